The number of nitrogens with two attached hydrogens (primary N) is 1. The maximum absolute atomic E-state index is 5.43. The quantitative estimate of drug-likeness (QED) is 0.427. The topological polar surface area (TPSA) is 38.0 Å². The van der Waals surface area contributed by atoms with Crippen molar-refractivity contribution < 1.29 is 0 Å². The minimum absolute atomic E-state index is 0.550. The molecule has 60 valence electrons. The van der Waals surface area contributed by atoms with Crippen LogP contribution in [0.1, 0.15) is 33.1 Å². The maximum atomic E-state index is 5.43. The fraction of sp³-hybridized carbons (Fsp3) is 1.00. The first kappa shape index (κ1) is 8.02. The van der Waals surface area contributed by atoms with E-state index in [1.54, 1.807) is 0 Å². The lowest BCUT2D eigenvalue weighted by Crippen LogP contribution is -2.46. The Hall–Kier alpha value is -0.0800. The van der Waals surface area contributed by atoms with Crippen molar-refractivity contribution >= 4 is 0 Å². The molecule has 2 nitrogen and oxygen atoms in total. The van der Waals surface area contributed by atoms with E-state index in [1.807, 2.05) is 0 Å². The SMILES string of the molecule is CC1CCCC(C)C1NN. The molecule has 0 aromatic heterocycles. The Kier molecular flexibility index (Phi) is 2.69. The van der Waals surface area contributed by atoms with Crippen LogP contribution in [0.2, 0.25) is 0 Å². The van der Waals surface area contributed by atoms with Crippen LogP contribution in [-0.2, 0) is 0 Å². The van der Waals surface area contributed by atoms with Gasteiger partial charge in [0, 0.05) is 6.04 Å². The molecule has 1 fully saturated rings. The summed E-state index contributed by atoms with van der Waals surface area (Å²) in [6, 6.07) is 0.550. The molecule has 0 spiro atoms. The van der Waals surface area contributed by atoms with E-state index < -0.39 is 0 Å². The zero-order valence-corrected chi connectivity index (χ0v) is 6.93. The van der Waals surface area contributed by atoms with Gasteiger partial charge in [-0.1, -0.05) is 20.3 Å². The van der Waals surface area contributed by atoms with Crippen molar-refractivity contribution in [2.45, 2.75) is 39.2 Å². The van der Waals surface area contributed by atoms with Crippen molar-refractivity contribution in [3.05, 3.63) is 0 Å². The van der Waals surface area contributed by atoms with Crippen molar-refractivity contribution in [2.75, 3.05) is 0 Å². The second-order valence-electron chi connectivity index (χ2n) is 3.58. The standard InChI is InChI=1S/C8H18N2/c1-6-4-3-5-7(2)8(6)10-9/h6-8,10H,3-5,9H2,1-2H3. The van der Waals surface area contributed by atoms with Crippen LogP contribution in [0.25, 0.3) is 0 Å². The van der Waals surface area contributed by atoms with E-state index in [0.29, 0.717) is 6.04 Å². The van der Waals surface area contributed by atoms with Gasteiger partial charge in [0.05, 0.1) is 0 Å². The normalized spacial score (nSPS) is 41.7. The van der Waals surface area contributed by atoms with Crippen LogP contribution in [0.3, 0.4) is 0 Å². The van der Waals surface area contributed by atoms with Crippen LogP contribution in [0, 0.1) is 11.8 Å². The first-order valence-electron chi connectivity index (χ1n) is 4.22. The fourth-order valence-corrected chi connectivity index (χ4v) is 2.01. The largest absolute Gasteiger partial charge is 0.271 e. The maximum Gasteiger partial charge on any atom is 0.0261 e. The Balaban J connectivity index is 2.45. The number of nitrogens with one attached hydrogen (secondary N) is 1. The smallest absolute Gasteiger partial charge is 0.0261 e. The minimum atomic E-state index is 0.550. The van der Waals surface area contributed by atoms with Crippen LogP contribution in [0.15, 0.2) is 0 Å². The molecule has 1 aliphatic carbocycles. The van der Waals surface area contributed by atoms with E-state index in [2.05, 4.69) is 19.3 Å². The Labute approximate surface area is 63.1 Å². The average Bonchev–Trinajstić information content (AvgIpc) is 1.88. The molecular weight excluding hydrogens is 124 g/mol. The highest BCUT2D eigenvalue weighted by Gasteiger charge is 2.25. The Morgan fingerprint density at radius 3 is 2.00 bits per heavy atom. The molecule has 2 heteroatoms. The average molecular weight is 142 g/mol. The number of hydrogen-bond donors (Lipinski definition) is 2. The minimum Gasteiger partial charge on any atom is -0.271 e. The Morgan fingerprint density at radius 1 is 1.20 bits per heavy atom. The van der Waals surface area contributed by atoms with Crippen LogP contribution < -0.4 is 11.3 Å². The predicted molar refractivity (Wildman–Crippen MR) is 43.3 cm³/mol. The first-order valence-corrected chi connectivity index (χ1v) is 4.22. The predicted octanol–water partition coefficient (Wildman–Crippen LogP) is 1.27. The highest BCUT2D eigenvalue weighted by Crippen LogP contribution is 2.27. The summed E-state index contributed by atoms with van der Waals surface area (Å²) in [6.07, 6.45) is 4.04. The summed E-state index contributed by atoms with van der Waals surface area (Å²) in [6.45, 7) is 4.56. The van der Waals surface area contributed by atoms with E-state index in [-0.39, 0.29) is 0 Å². The van der Waals surface area contributed by atoms with Crippen LogP contribution in [0.5, 0.6) is 0 Å². The molecule has 1 saturated carbocycles. The monoisotopic (exact) mass is 142 g/mol. The van der Waals surface area contributed by atoms with E-state index in [4.69, 9.17) is 5.84 Å². The van der Waals surface area contributed by atoms with E-state index in [9.17, 15) is 0 Å². The summed E-state index contributed by atoms with van der Waals surface area (Å²) in [7, 11) is 0. The van der Waals surface area contributed by atoms with Gasteiger partial charge < -0.3 is 0 Å². The molecule has 0 aliphatic heterocycles. The Morgan fingerprint density at radius 2 is 1.70 bits per heavy atom. The molecule has 0 aromatic rings. The lowest BCUT2D eigenvalue weighted by Gasteiger charge is -2.33. The van der Waals surface area contributed by atoms with Crippen molar-refractivity contribution in [3.63, 3.8) is 0 Å². The lowest BCUT2D eigenvalue weighted by molar-refractivity contribution is 0.211. The lowest BCUT2D eigenvalue weighted by atomic mass is 9.79. The molecule has 0 saturated heterocycles. The highest BCUT2D eigenvalue weighted by atomic mass is 15.2. The molecule has 0 amide bonds. The van der Waals surface area contributed by atoms with Gasteiger partial charge in [-0.25, -0.2) is 0 Å². The van der Waals surface area contributed by atoms with Gasteiger partial charge in [-0.3, -0.25) is 11.3 Å². The molecule has 0 radical (unpaired) electrons. The molecule has 1 rings (SSSR count). The third-order valence-electron chi connectivity index (χ3n) is 2.74. The Bertz CT molecular complexity index is 93.4. The molecule has 0 aromatic carbocycles. The third-order valence-corrected chi connectivity index (χ3v) is 2.74. The number of hydrazine groups is 1. The number of hydrogen-bond acceptors (Lipinski definition) is 2. The second kappa shape index (κ2) is 3.35. The summed E-state index contributed by atoms with van der Waals surface area (Å²) >= 11 is 0. The fourth-order valence-electron chi connectivity index (χ4n) is 2.01. The van der Waals surface area contributed by atoms with Gasteiger partial charge in [0.25, 0.3) is 0 Å². The first-order chi connectivity index (χ1) is 4.75. The van der Waals surface area contributed by atoms with Gasteiger partial charge in [-0.2, -0.15) is 0 Å². The summed E-state index contributed by atoms with van der Waals surface area (Å²) in [5.41, 5.74) is 2.90. The van der Waals surface area contributed by atoms with Crippen molar-refractivity contribution in [1.29, 1.82) is 0 Å². The van der Waals surface area contributed by atoms with Gasteiger partial charge in [-0.15, -0.1) is 0 Å². The van der Waals surface area contributed by atoms with Gasteiger partial charge in [-0.05, 0) is 24.7 Å². The third kappa shape index (κ3) is 1.50. The van der Waals surface area contributed by atoms with E-state index in [0.717, 1.165) is 11.8 Å². The van der Waals surface area contributed by atoms with Gasteiger partial charge in [0.2, 0.25) is 0 Å². The molecule has 2 unspecified atom stereocenters. The van der Waals surface area contributed by atoms with Crippen LogP contribution in [-0.4, -0.2) is 6.04 Å². The van der Waals surface area contributed by atoms with E-state index in [1.165, 1.54) is 19.3 Å². The number of rotatable bonds is 1. The molecule has 2 atom stereocenters. The van der Waals surface area contributed by atoms with Crippen molar-refractivity contribution in [2.24, 2.45) is 17.7 Å². The van der Waals surface area contributed by atoms with Gasteiger partial charge >= 0.3 is 0 Å². The van der Waals surface area contributed by atoms with Crippen LogP contribution in [0.4, 0.5) is 0 Å². The summed E-state index contributed by atoms with van der Waals surface area (Å²) in [5, 5.41) is 0. The van der Waals surface area contributed by atoms with Crippen LogP contribution >= 0.6 is 0 Å². The zero-order valence-electron chi connectivity index (χ0n) is 6.93. The van der Waals surface area contributed by atoms with Gasteiger partial charge in [0.1, 0.15) is 0 Å². The molecule has 0 bridgehead atoms. The summed E-state index contributed by atoms with van der Waals surface area (Å²) in [5.74, 6) is 6.95. The molecule has 3 N–H and O–H groups in total. The summed E-state index contributed by atoms with van der Waals surface area (Å²) < 4.78 is 0. The second-order valence-corrected chi connectivity index (χ2v) is 3.58. The van der Waals surface area contributed by atoms with E-state index >= 15 is 0 Å². The van der Waals surface area contributed by atoms with Crippen molar-refractivity contribution in [3.8, 4) is 0 Å². The molecule has 1 aliphatic rings. The summed E-state index contributed by atoms with van der Waals surface area (Å²) in [4.78, 5) is 0. The molecule has 10 heavy (non-hydrogen) atoms. The van der Waals surface area contributed by atoms with Gasteiger partial charge in [0.15, 0.2) is 0 Å². The van der Waals surface area contributed by atoms with Crippen molar-refractivity contribution in [1.82, 2.24) is 5.43 Å². The zero-order chi connectivity index (χ0) is 7.56. The highest BCUT2D eigenvalue weighted by molar-refractivity contribution is 4.81. The molecule has 0 heterocycles. The molecular formula is C8H18N2.